The van der Waals surface area contributed by atoms with E-state index in [2.05, 4.69) is 61.3 Å². The molecule has 8 nitrogen and oxygen atoms in total. The van der Waals surface area contributed by atoms with Gasteiger partial charge in [-0.25, -0.2) is 15.0 Å². The van der Waals surface area contributed by atoms with Gasteiger partial charge < -0.3 is 15.2 Å². The highest BCUT2D eigenvalue weighted by atomic mass is 16.5. The summed E-state index contributed by atoms with van der Waals surface area (Å²) in [4.78, 5) is 19.9. The van der Waals surface area contributed by atoms with Gasteiger partial charge in [-0.05, 0) is 36.8 Å². The smallest absolute Gasteiger partial charge is 0.278 e. The van der Waals surface area contributed by atoms with E-state index in [4.69, 9.17) is 10.3 Å². The van der Waals surface area contributed by atoms with E-state index < -0.39 is 0 Å². The van der Waals surface area contributed by atoms with Gasteiger partial charge in [-0.2, -0.15) is 4.98 Å². The number of nitrogens with two attached hydrogens (primary N) is 1. The highest BCUT2D eigenvalue weighted by Gasteiger charge is 2.47. The van der Waals surface area contributed by atoms with Crippen LogP contribution in [0.2, 0.25) is 0 Å². The molecule has 0 radical (unpaired) electrons. The molecule has 1 atom stereocenters. The lowest BCUT2D eigenvalue weighted by atomic mass is 9.77. The van der Waals surface area contributed by atoms with E-state index >= 15 is 0 Å². The van der Waals surface area contributed by atoms with Crippen LogP contribution in [-0.4, -0.2) is 30.1 Å². The lowest BCUT2D eigenvalue weighted by Crippen LogP contribution is -2.28. The topological polar surface area (TPSA) is 119 Å². The SMILES string of the molecule is C[C@@](c1ccc(-c2cnc(N)nc2)cc1)(c1noc(-c2c[nH]cn2)n1)C1CC1. The number of nitrogens with zero attached hydrogens (tertiary/aromatic N) is 5. The average Bonchev–Trinajstić information content (AvgIpc) is 3.23. The van der Waals surface area contributed by atoms with Crippen molar-refractivity contribution in [1.29, 1.82) is 0 Å². The Morgan fingerprint density at radius 3 is 2.46 bits per heavy atom. The van der Waals surface area contributed by atoms with Crippen molar-refractivity contribution in [3.05, 3.63) is 60.6 Å². The van der Waals surface area contributed by atoms with Crippen LogP contribution >= 0.6 is 0 Å². The molecule has 0 aliphatic heterocycles. The minimum absolute atomic E-state index is 0.270. The number of imidazole rings is 1. The second-order valence-corrected chi connectivity index (χ2v) is 7.26. The molecule has 140 valence electrons. The molecular weight excluding hydrogens is 354 g/mol. The van der Waals surface area contributed by atoms with Crippen molar-refractivity contribution in [2.45, 2.75) is 25.2 Å². The Balaban J connectivity index is 1.50. The number of rotatable bonds is 5. The molecule has 8 heteroatoms. The van der Waals surface area contributed by atoms with Crippen LogP contribution in [0.3, 0.4) is 0 Å². The van der Waals surface area contributed by atoms with Crippen LogP contribution in [0.1, 0.15) is 31.2 Å². The third kappa shape index (κ3) is 2.74. The number of anilines is 1. The summed E-state index contributed by atoms with van der Waals surface area (Å²) < 4.78 is 5.49. The average molecular weight is 373 g/mol. The summed E-state index contributed by atoms with van der Waals surface area (Å²) in [5.74, 6) is 1.88. The first-order chi connectivity index (χ1) is 13.6. The number of hydrogen-bond donors (Lipinski definition) is 2. The third-order valence-corrected chi connectivity index (χ3v) is 5.49. The van der Waals surface area contributed by atoms with E-state index in [1.165, 1.54) is 0 Å². The van der Waals surface area contributed by atoms with Gasteiger partial charge in [0.2, 0.25) is 5.95 Å². The largest absolute Gasteiger partial charge is 0.368 e. The lowest BCUT2D eigenvalue weighted by Gasteiger charge is -2.27. The normalized spacial score (nSPS) is 16.0. The summed E-state index contributed by atoms with van der Waals surface area (Å²) in [5, 5.41) is 4.30. The molecule has 0 bridgehead atoms. The minimum Gasteiger partial charge on any atom is -0.368 e. The van der Waals surface area contributed by atoms with Gasteiger partial charge in [0.25, 0.3) is 5.89 Å². The highest BCUT2D eigenvalue weighted by molar-refractivity contribution is 5.62. The third-order valence-electron chi connectivity index (χ3n) is 5.49. The zero-order valence-corrected chi connectivity index (χ0v) is 15.3. The van der Waals surface area contributed by atoms with Gasteiger partial charge in [0.1, 0.15) is 5.69 Å². The minimum atomic E-state index is -0.311. The molecular formula is C20H19N7O. The van der Waals surface area contributed by atoms with Gasteiger partial charge in [0.05, 0.1) is 11.7 Å². The molecule has 0 saturated heterocycles. The predicted molar refractivity (Wildman–Crippen MR) is 103 cm³/mol. The van der Waals surface area contributed by atoms with Gasteiger partial charge in [0, 0.05) is 24.2 Å². The first-order valence-electron chi connectivity index (χ1n) is 9.16. The molecule has 0 unspecified atom stereocenters. The van der Waals surface area contributed by atoms with Crippen molar-refractivity contribution in [2.24, 2.45) is 5.92 Å². The van der Waals surface area contributed by atoms with E-state index in [-0.39, 0.29) is 11.4 Å². The molecule has 1 aliphatic rings. The van der Waals surface area contributed by atoms with Crippen molar-refractivity contribution < 1.29 is 4.52 Å². The number of hydrogen-bond acceptors (Lipinski definition) is 7. The number of nitrogens with one attached hydrogen (secondary N) is 1. The Labute approximate surface area is 161 Å². The molecule has 1 saturated carbocycles. The molecule has 28 heavy (non-hydrogen) atoms. The fourth-order valence-electron chi connectivity index (χ4n) is 3.62. The number of nitrogen functional groups attached to an aromatic ring is 1. The number of H-pyrrole nitrogens is 1. The zero-order chi connectivity index (χ0) is 19.1. The molecule has 3 aromatic heterocycles. The Morgan fingerprint density at radius 2 is 1.82 bits per heavy atom. The van der Waals surface area contributed by atoms with E-state index in [0.717, 1.165) is 29.5 Å². The second kappa shape index (κ2) is 6.26. The molecule has 1 fully saturated rings. The Kier molecular flexibility index (Phi) is 3.71. The molecule has 3 N–H and O–H groups in total. The van der Waals surface area contributed by atoms with Crippen molar-refractivity contribution in [3.8, 4) is 22.7 Å². The van der Waals surface area contributed by atoms with Gasteiger partial charge in [0.15, 0.2) is 5.82 Å². The molecule has 0 amide bonds. The second-order valence-electron chi connectivity index (χ2n) is 7.26. The van der Waals surface area contributed by atoms with E-state index in [1.54, 1.807) is 24.9 Å². The van der Waals surface area contributed by atoms with Gasteiger partial charge in [-0.15, -0.1) is 0 Å². The summed E-state index contributed by atoms with van der Waals surface area (Å²) in [6.45, 7) is 2.19. The van der Waals surface area contributed by atoms with Crippen LogP contribution < -0.4 is 5.73 Å². The number of aromatic amines is 1. The summed E-state index contributed by atoms with van der Waals surface area (Å²) >= 11 is 0. The summed E-state index contributed by atoms with van der Waals surface area (Å²) in [5.41, 5.74) is 9.03. The fraction of sp³-hybridized carbons (Fsp3) is 0.250. The maximum absolute atomic E-state index is 5.58. The summed E-state index contributed by atoms with van der Waals surface area (Å²) in [7, 11) is 0. The van der Waals surface area contributed by atoms with Gasteiger partial charge in [-0.3, -0.25) is 0 Å². The molecule has 0 spiro atoms. The lowest BCUT2D eigenvalue weighted by molar-refractivity contribution is 0.386. The van der Waals surface area contributed by atoms with E-state index in [0.29, 0.717) is 23.3 Å². The summed E-state index contributed by atoms with van der Waals surface area (Å²) in [6, 6.07) is 8.38. The van der Waals surface area contributed by atoms with Crippen molar-refractivity contribution in [2.75, 3.05) is 5.73 Å². The van der Waals surface area contributed by atoms with E-state index in [9.17, 15) is 0 Å². The standard InChI is InChI=1S/C20H19N7O/c1-20(15-6-7-15,18-26-17(28-27-18)16-10-22-11-25-16)14-4-2-12(3-5-14)13-8-23-19(21)24-9-13/h2-5,8-11,15H,6-7H2,1H3,(H,22,25)(H2,21,23,24)/t20-/m0/s1. The summed E-state index contributed by atoms with van der Waals surface area (Å²) in [6.07, 6.45) is 9.10. The van der Waals surface area contributed by atoms with Crippen molar-refractivity contribution >= 4 is 5.95 Å². The quantitative estimate of drug-likeness (QED) is 0.551. The first-order valence-corrected chi connectivity index (χ1v) is 9.16. The Morgan fingerprint density at radius 1 is 1.07 bits per heavy atom. The molecule has 1 aromatic carbocycles. The zero-order valence-electron chi connectivity index (χ0n) is 15.3. The van der Waals surface area contributed by atoms with Crippen LogP contribution in [0.4, 0.5) is 5.95 Å². The highest BCUT2D eigenvalue weighted by Crippen LogP contribution is 2.50. The van der Waals surface area contributed by atoms with Gasteiger partial charge in [-0.1, -0.05) is 29.4 Å². The van der Waals surface area contributed by atoms with Crippen LogP contribution in [0, 0.1) is 5.92 Å². The number of aromatic nitrogens is 6. The molecule has 1 aliphatic carbocycles. The maximum Gasteiger partial charge on any atom is 0.278 e. The van der Waals surface area contributed by atoms with E-state index in [1.807, 2.05) is 0 Å². The maximum atomic E-state index is 5.58. The monoisotopic (exact) mass is 373 g/mol. The molecule has 5 rings (SSSR count). The van der Waals surface area contributed by atoms with Crippen LogP contribution in [0.15, 0.2) is 53.7 Å². The van der Waals surface area contributed by atoms with Crippen molar-refractivity contribution in [3.63, 3.8) is 0 Å². The van der Waals surface area contributed by atoms with Crippen LogP contribution in [-0.2, 0) is 5.41 Å². The van der Waals surface area contributed by atoms with Crippen molar-refractivity contribution in [1.82, 2.24) is 30.1 Å². The van der Waals surface area contributed by atoms with Gasteiger partial charge >= 0.3 is 0 Å². The predicted octanol–water partition coefficient (Wildman–Crippen LogP) is 3.21. The molecule has 4 aromatic rings. The Hall–Kier alpha value is -3.55. The van der Waals surface area contributed by atoms with Crippen LogP contribution in [0.25, 0.3) is 22.7 Å². The van der Waals surface area contributed by atoms with Crippen LogP contribution in [0.5, 0.6) is 0 Å². The molecule has 3 heterocycles. The fourth-order valence-corrected chi connectivity index (χ4v) is 3.62. The Bertz CT molecular complexity index is 1080. The number of benzene rings is 1. The first kappa shape index (κ1) is 16.6.